The van der Waals surface area contributed by atoms with E-state index in [0.29, 0.717) is 28.9 Å². The summed E-state index contributed by atoms with van der Waals surface area (Å²) in [6.45, 7) is 2.42. The summed E-state index contributed by atoms with van der Waals surface area (Å²) >= 11 is 0. The molecule has 1 N–H and O–H groups in total. The van der Waals surface area contributed by atoms with Gasteiger partial charge in [-0.1, -0.05) is 31.9 Å². The van der Waals surface area contributed by atoms with Crippen LogP contribution in [0.3, 0.4) is 0 Å². The molecule has 0 radical (unpaired) electrons. The first-order valence-corrected chi connectivity index (χ1v) is 9.69. The molecule has 4 rings (SSSR count). The van der Waals surface area contributed by atoms with Crippen molar-refractivity contribution in [1.82, 2.24) is 0 Å². The number of hydrogen-bond donors (Lipinski definition) is 1. The predicted octanol–water partition coefficient (Wildman–Crippen LogP) is 5.54. The number of aliphatic hydroxyl groups is 1. The molecule has 2 aliphatic rings. The number of aliphatic hydroxyl groups excluding tert-OH is 1. The maximum Gasteiger partial charge on any atom is 0.207 e. The van der Waals surface area contributed by atoms with Gasteiger partial charge in [-0.15, -0.1) is 0 Å². The molecule has 1 fully saturated rings. The third kappa shape index (κ3) is 3.18. The summed E-state index contributed by atoms with van der Waals surface area (Å²) in [7, 11) is 0. The maximum atomic E-state index is 15.0. The first-order chi connectivity index (χ1) is 13.1. The van der Waals surface area contributed by atoms with Gasteiger partial charge < -0.3 is 14.6 Å². The molecule has 144 valence electrons. The molecule has 0 aromatic heterocycles. The Morgan fingerprint density at radius 3 is 2.63 bits per heavy atom. The average molecular weight is 374 g/mol. The Balaban J connectivity index is 1.67. The molecule has 1 aliphatic heterocycles. The van der Waals surface area contributed by atoms with E-state index in [0.717, 1.165) is 32.1 Å². The highest BCUT2D eigenvalue weighted by molar-refractivity contribution is 5.77. The van der Waals surface area contributed by atoms with Gasteiger partial charge in [-0.05, 0) is 42.9 Å². The van der Waals surface area contributed by atoms with E-state index in [4.69, 9.17) is 9.47 Å². The van der Waals surface area contributed by atoms with Crippen LogP contribution in [0.15, 0.2) is 24.3 Å². The Labute approximate surface area is 157 Å². The Bertz CT molecular complexity index is 846. The highest BCUT2D eigenvalue weighted by atomic mass is 19.1. The molecule has 1 heterocycles. The van der Waals surface area contributed by atoms with Crippen LogP contribution in [0.25, 0.3) is 11.1 Å². The predicted molar refractivity (Wildman–Crippen MR) is 98.8 cm³/mol. The zero-order valence-electron chi connectivity index (χ0n) is 15.4. The van der Waals surface area contributed by atoms with Crippen molar-refractivity contribution in [3.05, 3.63) is 47.0 Å². The van der Waals surface area contributed by atoms with Crippen molar-refractivity contribution in [3.8, 4) is 22.6 Å². The molecule has 5 heteroatoms. The van der Waals surface area contributed by atoms with Gasteiger partial charge in [-0.2, -0.15) is 4.39 Å². The fraction of sp³-hybridized carbons (Fsp3) is 0.455. The molecule has 0 amide bonds. The van der Waals surface area contributed by atoms with E-state index < -0.39 is 17.7 Å². The standard InChI is InChI=1S/C22H24F2O3/c1-2-3-11-26-18-10-9-15-14-7-8-16(21(25)13-5-4-6-13)19(23)17(14)12-27-22(15)20(18)24/h7-10,13,21,25H,2-6,11-12H2,1H3. The number of halogens is 2. The second-order valence-electron chi connectivity index (χ2n) is 7.38. The molecular weight excluding hydrogens is 350 g/mol. The Hall–Kier alpha value is -2.14. The number of hydrogen-bond acceptors (Lipinski definition) is 3. The number of fused-ring (bicyclic) bond motifs is 3. The fourth-order valence-electron chi connectivity index (χ4n) is 3.74. The van der Waals surface area contributed by atoms with Gasteiger partial charge >= 0.3 is 0 Å². The van der Waals surface area contributed by atoms with E-state index in [2.05, 4.69) is 0 Å². The molecule has 1 unspecified atom stereocenters. The van der Waals surface area contributed by atoms with E-state index >= 15 is 4.39 Å². The van der Waals surface area contributed by atoms with Crippen molar-refractivity contribution in [2.24, 2.45) is 5.92 Å². The lowest BCUT2D eigenvalue weighted by molar-refractivity contribution is 0.0589. The highest BCUT2D eigenvalue weighted by Gasteiger charge is 2.32. The highest BCUT2D eigenvalue weighted by Crippen LogP contribution is 2.45. The van der Waals surface area contributed by atoms with Crippen molar-refractivity contribution < 1.29 is 23.4 Å². The minimum atomic E-state index is -0.795. The minimum absolute atomic E-state index is 0.0608. The summed E-state index contributed by atoms with van der Waals surface area (Å²) in [5, 5.41) is 10.4. The molecular formula is C22H24F2O3. The van der Waals surface area contributed by atoms with Crippen LogP contribution in [-0.4, -0.2) is 11.7 Å². The third-order valence-corrected chi connectivity index (χ3v) is 5.66. The normalized spacial score (nSPS) is 16.7. The molecule has 2 aromatic rings. The second-order valence-corrected chi connectivity index (χ2v) is 7.38. The number of rotatable bonds is 6. The van der Waals surface area contributed by atoms with E-state index in [1.807, 2.05) is 6.92 Å². The van der Waals surface area contributed by atoms with Crippen molar-refractivity contribution in [2.45, 2.75) is 51.7 Å². The Kier molecular flexibility index (Phi) is 5.04. The van der Waals surface area contributed by atoms with Crippen molar-refractivity contribution in [1.29, 1.82) is 0 Å². The van der Waals surface area contributed by atoms with Crippen molar-refractivity contribution in [2.75, 3.05) is 6.61 Å². The minimum Gasteiger partial charge on any atom is -0.490 e. The van der Waals surface area contributed by atoms with Gasteiger partial charge in [-0.25, -0.2) is 4.39 Å². The first kappa shape index (κ1) is 18.2. The summed E-state index contributed by atoms with van der Waals surface area (Å²) in [5.41, 5.74) is 1.81. The summed E-state index contributed by atoms with van der Waals surface area (Å²) in [4.78, 5) is 0. The van der Waals surface area contributed by atoms with E-state index in [-0.39, 0.29) is 24.0 Å². The topological polar surface area (TPSA) is 38.7 Å². The number of unbranched alkanes of at least 4 members (excludes halogenated alkanes) is 1. The van der Waals surface area contributed by atoms with Crippen LogP contribution < -0.4 is 9.47 Å². The van der Waals surface area contributed by atoms with Gasteiger partial charge in [0.25, 0.3) is 0 Å². The van der Waals surface area contributed by atoms with Crippen LogP contribution in [0.5, 0.6) is 11.5 Å². The molecule has 0 spiro atoms. The monoisotopic (exact) mass is 374 g/mol. The zero-order valence-corrected chi connectivity index (χ0v) is 15.4. The summed E-state index contributed by atoms with van der Waals surface area (Å²) < 4.78 is 40.9. The quantitative estimate of drug-likeness (QED) is 0.675. The molecule has 1 atom stereocenters. The molecule has 1 saturated carbocycles. The van der Waals surface area contributed by atoms with Crippen LogP contribution in [0, 0.1) is 17.6 Å². The third-order valence-electron chi connectivity index (χ3n) is 5.66. The summed E-state index contributed by atoms with van der Waals surface area (Å²) in [6, 6.07) is 6.65. The maximum absolute atomic E-state index is 15.0. The van der Waals surface area contributed by atoms with Crippen molar-refractivity contribution >= 4 is 0 Å². The van der Waals surface area contributed by atoms with Gasteiger partial charge in [0, 0.05) is 16.7 Å². The SMILES string of the molecule is CCCCOc1ccc2c(c1F)OCc1c-2ccc(C(O)C2CCC2)c1F. The molecule has 27 heavy (non-hydrogen) atoms. The van der Waals surface area contributed by atoms with Gasteiger partial charge in [0.1, 0.15) is 12.4 Å². The summed E-state index contributed by atoms with van der Waals surface area (Å²) in [5.74, 6) is -0.615. The van der Waals surface area contributed by atoms with Crippen LogP contribution in [0.4, 0.5) is 8.78 Å². The lowest BCUT2D eigenvalue weighted by Gasteiger charge is -2.31. The van der Waals surface area contributed by atoms with Crippen LogP contribution >= 0.6 is 0 Å². The van der Waals surface area contributed by atoms with Crippen LogP contribution in [0.2, 0.25) is 0 Å². The van der Waals surface area contributed by atoms with Gasteiger partial charge in [0.15, 0.2) is 11.5 Å². The van der Waals surface area contributed by atoms with Gasteiger partial charge in [0.2, 0.25) is 5.82 Å². The van der Waals surface area contributed by atoms with E-state index in [1.54, 1.807) is 24.3 Å². The molecule has 1 aliphatic carbocycles. The lowest BCUT2D eigenvalue weighted by atomic mass is 9.78. The number of ether oxygens (including phenoxy) is 2. The fourth-order valence-corrected chi connectivity index (χ4v) is 3.74. The summed E-state index contributed by atoms with van der Waals surface area (Å²) in [6.07, 6.45) is 3.93. The number of benzene rings is 2. The first-order valence-electron chi connectivity index (χ1n) is 9.69. The smallest absolute Gasteiger partial charge is 0.207 e. The Morgan fingerprint density at radius 1 is 1.15 bits per heavy atom. The average Bonchev–Trinajstić information content (AvgIpc) is 2.62. The van der Waals surface area contributed by atoms with Gasteiger partial charge in [-0.3, -0.25) is 0 Å². The second kappa shape index (κ2) is 7.47. The van der Waals surface area contributed by atoms with Gasteiger partial charge in [0.05, 0.1) is 12.7 Å². The van der Waals surface area contributed by atoms with Crippen LogP contribution in [0.1, 0.15) is 56.3 Å². The lowest BCUT2D eigenvalue weighted by Crippen LogP contribution is -2.22. The van der Waals surface area contributed by atoms with E-state index in [1.165, 1.54) is 0 Å². The molecule has 0 saturated heterocycles. The zero-order chi connectivity index (χ0) is 19.0. The van der Waals surface area contributed by atoms with Crippen molar-refractivity contribution in [3.63, 3.8) is 0 Å². The van der Waals surface area contributed by atoms with E-state index in [9.17, 15) is 9.50 Å². The largest absolute Gasteiger partial charge is 0.490 e. The van der Waals surface area contributed by atoms with Crippen LogP contribution in [-0.2, 0) is 6.61 Å². The molecule has 0 bridgehead atoms. The molecule has 2 aromatic carbocycles. The molecule has 3 nitrogen and oxygen atoms in total. The Morgan fingerprint density at radius 2 is 1.93 bits per heavy atom.